The number of rotatable bonds is 7. The van der Waals surface area contributed by atoms with Gasteiger partial charge in [-0.1, -0.05) is 0 Å². The van der Waals surface area contributed by atoms with Gasteiger partial charge in [-0.15, -0.1) is 0 Å². The maximum Gasteiger partial charge on any atom is 0.398 e. The van der Waals surface area contributed by atoms with Crippen LogP contribution in [0, 0.1) is 0 Å². The number of carboxylic acids is 2. The normalized spacial score (nSPS) is 15.4. The van der Waals surface area contributed by atoms with E-state index in [1.165, 1.54) is 0 Å². The molecule has 0 bridgehead atoms. The van der Waals surface area contributed by atoms with E-state index in [0.717, 1.165) is 0 Å². The van der Waals surface area contributed by atoms with Crippen molar-refractivity contribution in [2.75, 3.05) is 0 Å². The second-order valence-electron chi connectivity index (χ2n) is 2.87. The number of hydrogen-bond donors (Lipinski definition) is 4. The average Bonchev–Trinajstić information content (AvgIpc) is 2.09. The molecule has 0 aromatic carbocycles. The molecule has 0 aliphatic rings. The average molecular weight is 257 g/mol. The van der Waals surface area contributed by atoms with Crippen molar-refractivity contribution in [3.05, 3.63) is 0 Å². The Kier molecular flexibility index (Phi) is 5.30. The molecule has 0 heterocycles. The fraction of sp³-hybridized carbons (Fsp3) is 0.667. The highest BCUT2D eigenvalue weighted by atomic mass is 32.3. The summed E-state index contributed by atoms with van der Waals surface area (Å²) in [5, 5.41) is 16.9. The summed E-state index contributed by atoms with van der Waals surface area (Å²) in [5.41, 5.74) is 5.07. The predicted molar refractivity (Wildman–Crippen MR) is 48.9 cm³/mol. The van der Waals surface area contributed by atoms with E-state index in [1.807, 2.05) is 0 Å². The molecular weight excluding hydrogens is 246 g/mol. The zero-order valence-corrected chi connectivity index (χ0v) is 8.75. The second kappa shape index (κ2) is 5.75. The van der Waals surface area contributed by atoms with E-state index in [0.29, 0.717) is 0 Å². The fourth-order valence-corrected chi connectivity index (χ4v) is 1.29. The molecule has 9 nitrogen and oxygen atoms in total. The van der Waals surface area contributed by atoms with Crippen molar-refractivity contribution >= 4 is 22.3 Å². The van der Waals surface area contributed by atoms with Crippen LogP contribution in [0.25, 0.3) is 0 Å². The van der Waals surface area contributed by atoms with E-state index in [9.17, 15) is 18.0 Å². The zero-order valence-electron chi connectivity index (χ0n) is 7.94. The minimum Gasteiger partial charge on any atom is -0.480 e. The second-order valence-corrected chi connectivity index (χ2v) is 3.92. The van der Waals surface area contributed by atoms with E-state index < -0.39 is 40.9 Å². The molecule has 16 heavy (non-hydrogen) atoms. The molecule has 0 saturated heterocycles. The highest BCUT2D eigenvalue weighted by Crippen LogP contribution is 2.08. The first-order chi connectivity index (χ1) is 7.13. The van der Waals surface area contributed by atoms with Gasteiger partial charge in [0.05, 0.1) is 0 Å². The molecule has 0 spiro atoms. The van der Waals surface area contributed by atoms with Gasteiger partial charge in [-0.25, -0.2) is 8.98 Å². The van der Waals surface area contributed by atoms with Crippen molar-refractivity contribution in [2.45, 2.75) is 25.0 Å². The number of carbonyl (C=O) groups is 2. The van der Waals surface area contributed by atoms with Gasteiger partial charge in [0.15, 0.2) is 6.10 Å². The molecule has 0 radical (unpaired) electrons. The third kappa shape index (κ3) is 6.29. The monoisotopic (exact) mass is 257 g/mol. The molecule has 0 aromatic heterocycles. The number of aliphatic carboxylic acids is 2. The van der Waals surface area contributed by atoms with Crippen molar-refractivity contribution in [3.63, 3.8) is 0 Å². The summed E-state index contributed by atoms with van der Waals surface area (Å²) in [6.07, 6.45) is -2.62. The fourth-order valence-electron chi connectivity index (χ4n) is 0.814. The number of nitrogens with two attached hydrogens (primary N) is 1. The largest absolute Gasteiger partial charge is 0.480 e. The Hall–Kier alpha value is -1.23. The van der Waals surface area contributed by atoms with Crippen LogP contribution in [0.5, 0.6) is 0 Å². The van der Waals surface area contributed by atoms with Gasteiger partial charge in [-0.05, 0) is 12.8 Å². The number of hydrogen-bond acceptors (Lipinski definition) is 6. The molecule has 0 unspecified atom stereocenters. The van der Waals surface area contributed by atoms with Gasteiger partial charge < -0.3 is 15.9 Å². The van der Waals surface area contributed by atoms with E-state index in [2.05, 4.69) is 4.18 Å². The van der Waals surface area contributed by atoms with Crippen LogP contribution in [0.3, 0.4) is 0 Å². The third-order valence-electron chi connectivity index (χ3n) is 1.57. The minimum atomic E-state index is -4.91. The summed E-state index contributed by atoms with van der Waals surface area (Å²) in [7, 11) is -4.91. The smallest absolute Gasteiger partial charge is 0.398 e. The van der Waals surface area contributed by atoms with Gasteiger partial charge in [0.2, 0.25) is 0 Å². The first-order valence-electron chi connectivity index (χ1n) is 4.00. The van der Waals surface area contributed by atoms with Crippen molar-refractivity contribution in [3.8, 4) is 0 Å². The molecule has 0 rings (SSSR count). The maximum atomic E-state index is 10.5. The molecule has 0 aromatic rings. The van der Waals surface area contributed by atoms with Crippen LogP contribution < -0.4 is 5.73 Å². The summed E-state index contributed by atoms with van der Waals surface area (Å²) in [4.78, 5) is 20.8. The summed E-state index contributed by atoms with van der Waals surface area (Å²) in [6.45, 7) is 0. The lowest BCUT2D eigenvalue weighted by molar-refractivity contribution is -0.146. The summed E-state index contributed by atoms with van der Waals surface area (Å²) in [6, 6.07) is -1.33. The zero-order chi connectivity index (χ0) is 12.9. The Balaban J connectivity index is 4.37. The highest BCUT2D eigenvalue weighted by molar-refractivity contribution is 7.80. The Bertz CT molecular complexity index is 363. The van der Waals surface area contributed by atoms with Crippen molar-refractivity contribution in [1.29, 1.82) is 0 Å². The van der Waals surface area contributed by atoms with E-state index in [1.54, 1.807) is 0 Å². The van der Waals surface area contributed by atoms with Crippen molar-refractivity contribution < 1.29 is 37.0 Å². The molecule has 0 aliphatic carbocycles. The van der Waals surface area contributed by atoms with Crippen LogP contribution >= 0.6 is 0 Å². The van der Waals surface area contributed by atoms with Gasteiger partial charge in [-0.3, -0.25) is 9.35 Å². The van der Waals surface area contributed by atoms with Gasteiger partial charge in [0.25, 0.3) is 0 Å². The lowest BCUT2D eigenvalue weighted by atomic mass is 10.1. The molecule has 0 aliphatic heterocycles. The quantitative estimate of drug-likeness (QED) is 0.395. The van der Waals surface area contributed by atoms with E-state index in [4.69, 9.17) is 20.5 Å². The maximum absolute atomic E-state index is 10.5. The SMILES string of the molecule is N[C@@H](CC[C@@H](OS(=O)(=O)O)C(=O)O)C(=O)O. The Labute approximate surface area is 90.8 Å². The van der Waals surface area contributed by atoms with E-state index in [-0.39, 0.29) is 6.42 Å². The molecule has 2 atom stereocenters. The Morgan fingerprint density at radius 1 is 1.19 bits per heavy atom. The molecule has 94 valence electrons. The predicted octanol–water partition coefficient (Wildman–Crippen LogP) is -1.55. The van der Waals surface area contributed by atoms with Crippen LogP contribution in [-0.4, -0.2) is 47.3 Å². The lowest BCUT2D eigenvalue weighted by Gasteiger charge is -2.12. The molecular formula is C6H11NO8S. The third-order valence-corrected chi connectivity index (χ3v) is 2.05. The van der Waals surface area contributed by atoms with Crippen molar-refractivity contribution in [1.82, 2.24) is 0 Å². The topological polar surface area (TPSA) is 164 Å². The first kappa shape index (κ1) is 14.8. The van der Waals surface area contributed by atoms with Crippen LogP contribution in [0.4, 0.5) is 0 Å². The Morgan fingerprint density at radius 2 is 1.69 bits per heavy atom. The molecule has 10 heteroatoms. The van der Waals surface area contributed by atoms with Crippen LogP contribution in [-0.2, 0) is 24.2 Å². The van der Waals surface area contributed by atoms with Crippen molar-refractivity contribution in [2.24, 2.45) is 5.73 Å². The standard InChI is InChI=1S/C6H11NO8S/c7-3(5(8)9)1-2-4(6(10)11)15-16(12,13)14/h3-4H,1-2,7H2,(H,8,9)(H,10,11)(H,12,13,14)/t3-,4+/m0/s1. The Morgan fingerprint density at radius 3 is 2.00 bits per heavy atom. The van der Waals surface area contributed by atoms with E-state index >= 15 is 0 Å². The van der Waals surface area contributed by atoms with Gasteiger partial charge in [0, 0.05) is 0 Å². The van der Waals surface area contributed by atoms with Gasteiger partial charge in [-0.2, -0.15) is 8.42 Å². The highest BCUT2D eigenvalue weighted by Gasteiger charge is 2.26. The molecule has 0 amide bonds. The number of carboxylic acid groups (broad SMARTS) is 2. The van der Waals surface area contributed by atoms with Crippen LogP contribution in [0.1, 0.15) is 12.8 Å². The molecule has 5 N–H and O–H groups in total. The lowest BCUT2D eigenvalue weighted by Crippen LogP contribution is -2.34. The molecule has 0 saturated carbocycles. The summed E-state index contributed by atoms with van der Waals surface area (Å²) in [5.74, 6) is -2.99. The first-order valence-corrected chi connectivity index (χ1v) is 5.37. The van der Waals surface area contributed by atoms with Crippen LogP contribution in [0.15, 0.2) is 0 Å². The molecule has 0 fully saturated rings. The van der Waals surface area contributed by atoms with Gasteiger partial charge >= 0.3 is 22.3 Å². The summed E-state index contributed by atoms with van der Waals surface area (Å²) < 4.78 is 32.6. The van der Waals surface area contributed by atoms with Gasteiger partial charge in [0.1, 0.15) is 6.04 Å². The summed E-state index contributed by atoms with van der Waals surface area (Å²) >= 11 is 0. The van der Waals surface area contributed by atoms with Crippen LogP contribution in [0.2, 0.25) is 0 Å². The minimum absolute atomic E-state index is 0.304.